The first kappa shape index (κ1) is 14.5. The summed E-state index contributed by atoms with van der Waals surface area (Å²) in [6, 6.07) is 6.06. The molecule has 0 saturated heterocycles. The van der Waals surface area contributed by atoms with E-state index < -0.39 is 5.97 Å². The zero-order valence-corrected chi connectivity index (χ0v) is 12.3. The minimum absolute atomic E-state index is 0.131. The summed E-state index contributed by atoms with van der Waals surface area (Å²) >= 11 is 1.45. The number of ether oxygens (including phenoxy) is 1. The summed E-state index contributed by atoms with van der Waals surface area (Å²) < 4.78 is 5.72. The molecule has 1 aromatic heterocycles. The molecule has 0 aliphatic carbocycles. The molecule has 20 heavy (non-hydrogen) atoms. The predicted octanol–water partition coefficient (Wildman–Crippen LogP) is 1.67. The van der Waals surface area contributed by atoms with E-state index in [1.807, 2.05) is 26.0 Å². The minimum Gasteiger partial charge on any atom is -0.550 e. The topological polar surface area (TPSA) is 62.2 Å². The van der Waals surface area contributed by atoms with Gasteiger partial charge in [-0.25, -0.2) is 4.98 Å². The van der Waals surface area contributed by atoms with Crippen LogP contribution in [-0.2, 0) is 17.6 Å². The lowest BCUT2D eigenvalue weighted by molar-refractivity contribution is -0.304. The van der Waals surface area contributed by atoms with E-state index in [2.05, 4.69) is 11.1 Å². The van der Waals surface area contributed by atoms with Crippen LogP contribution in [0.5, 0.6) is 5.75 Å². The first-order valence-electron chi connectivity index (χ1n) is 6.38. The third-order valence-electron chi connectivity index (χ3n) is 2.83. The van der Waals surface area contributed by atoms with Crippen LogP contribution < -0.4 is 9.84 Å². The Labute approximate surface area is 122 Å². The molecule has 106 valence electrons. The maximum atomic E-state index is 10.5. The first-order valence-corrected chi connectivity index (χ1v) is 7.26. The van der Waals surface area contributed by atoms with Crippen LogP contribution in [0.25, 0.3) is 0 Å². The van der Waals surface area contributed by atoms with Gasteiger partial charge in [0.05, 0.1) is 17.3 Å². The van der Waals surface area contributed by atoms with Gasteiger partial charge in [0.15, 0.2) is 0 Å². The van der Waals surface area contributed by atoms with Crippen LogP contribution in [0.4, 0.5) is 0 Å². The number of hydrogen-bond donors (Lipinski definition) is 0. The first-order chi connectivity index (χ1) is 9.54. The Kier molecular flexibility index (Phi) is 4.74. The van der Waals surface area contributed by atoms with Crippen molar-refractivity contribution in [3.8, 4) is 5.75 Å². The van der Waals surface area contributed by atoms with Gasteiger partial charge in [0.25, 0.3) is 0 Å². The number of nitrogens with zero attached hydrogens (tertiary/aromatic N) is 1. The third kappa shape index (κ3) is 4.06. The number of carboxylic acid groups (broad SMARTS) is 1. The standard InChI is InChI=1S/C15H17NO3S/c1-10-3-4-13(11(2)7-10)19-6-5-14-16-12(9-20-14)8-15(17)18/h3-4,7,9H,5-6,8H2,1-2H3,(H,17,18)/p-1. The third-order valence-corrected chi connectivity index (χ3v) is 3.79. The van der Waals surface area contributed by atoms with Gasteiger partial charge in [-0.15, -0.1) is 11.3 Å². The summed E-state index contributed by atoms with van der Waals surface area (Å²) in [6.45, 7) is 4.59. The summed E-state index contributed by atoms with van der Waals surface area (Å²) in [4.78, 5) is 14.7. The Morgan fingerprint density at radius 3 is 2.90 bits per heavy atom. The second-order valence-electron chi connectivity index (χ2n) is 4.65. The van der Waals surface area contributed by atoms with Crippen LogP contribution in [0, 0.1) is 13.8 Å². The molecule has 0 atom stereocenters. The van der Waals surface area contributed by atoms with Gasteiger partial charge < -0.3 is 14.6 Å². The number of aryl methyl sites for hydroxylation is 2. The van der Waals surface area contributed by atoms with Gasteiger partial charge in [0, 0.05) is 24.2 Å². The van der Waals surface area contributed by atoms with Crippen molar-refractivity contribution >= 4 is 17.3 Å². The van der Waals surface area contributed by atoms with Crippen molar-refractivity contribution in [3.63, 3.8) is 0 Å². The largest absolute Gasteiger partial charge is 0.550 e. The van der Waals surface area contributed by atoms with E-state index in [0.29, 0.717) is 18.7 Å². The fourth-order valence-electron chi connectivity index (χ4n) is 1.90. The van der Waals surface area contributed by atoms with E-state index in [1.54, 1.807) is 5.38 Å². The van der Waals surface area contributed by atoms with Crippen LogP contribution in [-0.4, -0.2) is 17.6 Å². The second kappa shape index (κ2) is 6.52. The van der Waals surface area contributed by atoms with Crippen LogP contribution in [0.1, 0.15) is 21.8 Å². The van der Waals surface area contributed by atoms with Gasteiger partial charge >= 0.3 is 0 Å². The summed E-state index contributed by atoms with van der Waals surface area (Å²) in [5, 5.41) is 13.1. The van der Waals surface area contributed by atoms with Gasteiger partial charge in [-0.05, 0) is 25.5 Å². The highest BCUT2D eigenvalue weighted by Gasteiger charge is 2.04. The molecule has 0 aliphatic rings. The van der Waals surface area contributed by atoms with Crippen LogP contribution in [0.3, 0.4) is 0 Å². The highest BCUT2D eigenvalue weighted by atomic mass is 32.1. The second-order valence-corrected chi connectivity index (χ2v) is 5.59. The van der Waals surface area contributed by atoms with Crippen LogP contribution >= 0.6 is 11.3 Å². The van der Waals surface area contributed by atoms with E-state index in [1.165, 1.54) is 16.9 Å². The van der Waals surface area contributed by atoms with Crippen molar-refractivity contribution in [3.05, 3.63) is 45.4 Å². The molecule has 0 unspecified atom stereocenters. The zero-order chi connectivity index (χ0) is 14.5. The Bertz CT molecular complexity index is 607. The molecule has 1 heterocycles. The molecule has 4 nitrogen and oxygen atoms in total. The molecule has 0 N–H and O–H groups in total. The number of benzene rings is 1. The monoisotopic (exact) mass is 290 g/mol. The molecule has 1 aromatic carbocycles. The lowest BCUT2D eigenvalue weighted by atomic mass is 10.1. The van der Waals surface area contributed by atoms with Crippen molar-refractivity contribution in [1.29, 1.82) is 0 Å². The number of thiazole rings is 1. The zero-order valence-electron chi connectivity index (χ0n) is 11.5. The lowest BCUT2D eigenvalue weighted by Crippen LogP contribution is -2.24. The number of rotatable bonds is 6. The number of carbonyl (C=O) groups excluding carboxylic acids is 1. The van der Waals surface area contributed by atoms with Gasteiger partial charge in [-0.2, -0.15) is 0 Å². The molecule has 0 fully saturated rings. The van der Waals surface area contributed by atoms with E-state index in [4.69, 9.17) is 4.74 Å². The maximum absolute atomic E-state index is 10.5. The molecule has 0 saturated carbocycles. The highest BCUT2D eigenvalue weighted by Crippen LogP contribution is 2.19. The summed E-state index contributed by atoms with van der Waals surface area (Å²) in [7, 11) is 0. The number of carbonyl (C=O) groups is 1. The van der Waals surface area contributed by atoms with Gasteiger partial charge in [0.2, 0.25) is 0 Å². The summed E-state index contributed by atoms with van der Waals surface area (Å²) in [5.74, 6) is -0.226. The Hall–Kier alpha value is -1.88. The Balaban J connectivity index is 1.86. The van der Waals surface area contributed by atoms with Crippen molar-refractivity contribution in [2.24, 2.45) is 0 Å². The smallest absolute Gasteiger partial charge is 0.122 e. The summed E-state index contributed by atoms with van der Waals surface area (Å²) in [5.41, 5.74) is 2.87. The van der Waals surface area contributed by atoms with Crippen molar-refractivity contribution in [1.82, 2.24) is 4.98 Å². The fraction of sp³-hybridized carbons (Fsp3) is 0.333. The van der Waals surface area contributed by atoms with Crippen LogP contribution in [0.2, 0.25) is 0 Å². The number of carboxylic acids is 1. The highest BCUT2D eigenvalue weighted by molar-refractivity contribution is 7.09. The maximum Gasteiger partial charge on any atom is 0.122 e. The average molecular weight is 290 g/mol. The van der Waals surface area contributed by atoms with E-state index in [9.17, 15) is 9.90 Å². The van der Waals surface area contributed by atoms with Gasteiger partial charge in [-0.1, -0.05) is 17.7 Å². The lowest BCUT2D eigenvalue weighted by Gasteiger charge is -2.08. The van der Waals surface area contributed by atoms with E-state index in [0.717, 1.165) is 16.3 Å². The number of hydrogen-bond acceptors (Lipinski definition) is 5. The van der Waals surface area contributed by atoms with Crippen molar-refractivity contribution in [2.75, 3.05) is 6.61 Å². The molecule has 0 bridgehead atoms. The molecule has 5 heteroatoms. The minimum atomic E-state index is -1.10. The molecule has 2 aromatic rings. The molecule has 0 aliphatic heterocycles. The summed E-state index contributed by atoms with van der Waals surface area (Å²) in [6.07, 6.45) is 0.541. The quantitative estimate of drug-likeness (QED) is 0.812. The molecule has 0 amide bonds. The molecule has 2 rings (SSSR count). The number of aliphatic carboxylic acids is 1. The Morgan fingerprint density at radius 2 is 2.20 bits per heavy atom. The number of aromatic nitrogens is 1. The normalized spacial score (nSPS) is 10.5. The van der Waals surface area contributed by atoms with Crippen molar-refractivity contribution < 1.29 is 14.6 Å². The fourth-order valence-corrected chi connectivity index (χ4v) is 2.68. The molecule has 0 spiro atoms. The van der Waals surface area contributed by atoms with E-state index >= 15 is 0 Å². The van der Waals surface area contributed by atoms with Gasteiger partial charge in [0.1, 0.15) is 5.75 Å². The van der Waals surface area contributed by atoms with Gasteiger partial charge in [-0.3, -0.25) is 0 Å². The van der Waals surface area contributed by atoms with Crippen LogP contribution in [0.15, 0.2) is 23.6 Å². The SMILES string of the molecule is Cc1ccc(OCCc2nc(CC(=O)[O-])cs2)c(C)c1. The van der Waals surface area contributed by atoms with Crippen molar-refractivity contribution in [2.45, 2.75) is 26.7 Å². The Morgan fingerprint density at radius 1 is 1.40 bits per heavy atom. The van der Waals surface area contributed by atoms with E-state index in [-0.39, 0.29) is 6.42 Å². The molecular weight excluding hydrogens is 274 g/mol. The molecule has 0 radical (unpaired) electrons. The predicted molar refractivity (Wildman–Crippen MR) is 75.9 cm³/mol. The molecular formula is C15H16NO3S-. The average Bonchev–Trinajstić information content (AvgIpc) is 2.79.